The lowest BCUT2D eigenvalue weighted by atomic mass is 10.1. The standard InChI is InChI=1S/C16H16N2O3/c17-15-8-5-11-9-13(6-7-14(11)15)21-10-12-3-1-2-4-16(12)18(19)20/h1-4,6-7,9,15H,5,8,10,17H2/t15-/m1/s1. The molecule has 0 saturated heterocycles. The molecule has 0 bridgehead atoms. The van der Waals surface area contributed by atoms with Crippen LogP contribution in [0.5, 0.6) is 5.75 Å². The molecule has 5 nitrogen and oxygen atoms in total. The summed E-state index contributed by atoms with van der Waals surface area (Å²) in [6, 6.07) is 12.6. The summed E-state index contributed by atoms with van der Waals surface area (Å²) in [6.45, 7) is 0.183. The van der Waals surface area contributed by atoms with Crippen LogP contribution in [0.25, 0.3) is 0 Å². The first-order valence-corrected chi connectivity index (χ1v) is 6.88. The van der Waals surface area contributed by atoms with Crippen molar-refractivity contribution in [3.63, 3.8) is 0 Å². The Morgan fingerprint density at radius 1 is 1.29 bits per heavy atom. The molecule has 0 radical (unpaired) electrons. The third-order valence-corrected chi connectivity index (χ3v) is 3.82. The van der Waals surface area contributed by atoms with Gasteiger partial charge in [-0.3, -0.25) is 10.1 Å². The van der Waals surface area contributed by atoms with Crippen LogP contribution in [0.15, 0.2) is 42.5 Å². The Balaban J connectivity index is 1.76. The van der Waals surface area contributed by atoms with Gasteiger partial charge >= 0.3 is 0 Å². The van der Waals surface area contributed by atoms with Crippen molar-refractivity contribution in [1.29, 1.82) is 0 Å². The van der Waals surface area contributed by atoms with Crippen LogP contribution >= 0.6 is 0 Å². The number of nitro groups is 1. The zero-order chi connectivity index (χ0) is 14.8. The van der Waals surface area contributed by atoms with Gasteiger partial charge in [0.05, 0.1) is 10.5 Å². The van der Waals surface area contributed by atoms with Crippen molar-refractivity contribution in [1.82, 2.24) is 0 Å². The molecule has 0 unspecified atom stereocenters. The fourth-order valence-electron chi connectivity index (χ4n) is 2.69. The number of ether oxygens (including phenoxy) is 1. The zero-order valence-electron chi connectivity index (χ0n) is 11.5. The van der Waals surface area contributed by atoms with Gasteiger partial charge in [-0.05, 0) is 42.2 Å². The summed E-state index contributed by atoms with van der Waals surface area (Å²) in [5.41, 5.74) is 9.04. The molecule has 1 aliphatic rings. The van der Waals surface area contributed by atoms with Crippen LogP contribution < -0.4 is 10.5 Å². The monoisotopic (exact) mass is 284 g/mol. The van der Waals surface area contributed by atoms with Crippen LogP contribution in [0.3, 0.4) is 0 Å². The summed E-state index contributed by atoms with van der Waals surface area (Å²) in [6.07, 6.45) is 1.92. The fourth-order valence-corrected chi connectivity index (χ4v) is 2.69. The summed E-state index contributed by atoms with van der Waals surface area (Å²) >= 11 is 0. The maximum absolute atomic E-state index is 11.0. The Morgan fingerprint density at radius 2 is 2.10 bits per heavy atom. The lowest BCUT2D eigenvalue weighted by Crippen LogP contribution is -2.05. The van der Waals surface area contributed by atoms with Crippen molar-refractivity contribution >= 4 is 5.69 Å². The first-order chi connectivity index (χ1) is 10.1. The second kappa shape index (κ2) is 5.54. The minimum atomic E-state index is -0.388. The lowest BCUT2D eigenvalue weighted by molar-refractivity contribution is -0.385. The maximum Gasteiger partial charge on any atom is 0.276 e. The van der Waals surface area contributed by atoms with Crippen molar-refractivity contribution in [2.75, 3.05) is 0 Å². The third kappa shape index (κ3) is 2.73. The van der Waals surface area contributed by atoms with Gasteiger partial charge in [-0.2, -0.15) is 0 Å². The van der Waals surface area contributed by atoms with Gasteiger partial charge in [0.15, 0.2) is 0 Å². The van der Waals surface area contributed by atoms with Crippen LogP contribution in [0.4, 0.5) is 5.69 Å². The molecule has 2 N–H and O–H groups in total. The van der Waals surface area contributed by atoms with E-state index < -0.39 is 0 Å². The van der Waals surface area contributed by atoms with Crippen molar-refractivity contribution in [3.05, 3.63) is 69.3 Å². The van der Waals surface area contributed by atoms with Crippen molar-refractivity contribution in [2.45, 2.75) is 25.5 Å². The SMILES string of the molecule is N[C@@H]1CCc2cc(OCc3ccccc3[N+](=O)[O-])ccc21. The quantitative estimate of drug-likeness (QED) is 0.691. The lowest BCUT2D eigenvalue weighted by Gasteiger charge is -2.09. The molecule has 0 heterocycles. The highest BCUT2D eigenvalue weighted by Gasteiger charge is 2.19. The largest absolute Gasteiger partial charge is 0.489 e. The Morgan fingerprint density at radius 3 is 2.90 bits per heavy atom. The normalized spacial score (nSPS) is 16.5. The molecule has 21 heavy (non-hydrogen) atoms. The summed E-state index contributed by atoms with van der Waals surface area (Å²) in [5.74, 6) is 0.723. The second-order valence-electron chi connectivity index (χ2n) is 5.18. The van der Waals surface area contributed by atoms with E-state index in [0.717, 1.165) is 18.6 Å². The molecule has 0 aliphatic heterocycles. The highest BCUT2D eigenvalue weighted by Crippen LogP contribution is 2.32. The first-order valence-electron chi connectivity index (χ1n) is 6.88. The summed E-state index contributed by atoms with van der Waals surface area (Å²) < 4.78 is 5.70. The van der Waals surface area contributed by atoms with Gasteiger partial charge in [0.2, 0.25) is 0 Å². The van der Waals surface area contributed by atoms with E-state index in [9.17, 15) is 10.1 Å². The average molecular weight is 284 g/mol. The van der Waals surface area contributed by atoms with Gasteiger partial charge < -0.3 is 10.5 Å². The molecule has 2 aromatic carbocycles. The molecule has 0 aromatic heterocycles. The molecule has 0 fully saturated rings. The van der Waals surface area contributed by atoms with E-state index in [0.29, 0.717) is 5.56 Å². The van der Waals surface area contributed by atoms with Crippen molar-refractivity contribution < 1.29 is 9.66 Å². The number of fused-ring (bicyclic) bond motifs is 1. The van der Waals surface area contributed by atoms with E-state index in [2.05, 4.69) is 0 Å². The smallest absolute Gasteiger partial charge is 0.276 e. The van der Waals surface area contributed by atoms with Gasteiger partial charge in [0.1, 0.15) is 12.4 Å². The predicted octanol–water partition coefficient (Wildman–Crippen LogP) is 3.12. The number of hydrogen-bond donors (Lipinski definition) is 1. The number of aryl methyl sites for hydroxylation is 1. The van der Waals surface area contributed by atoms with Crippen LogP contribution in [0.1, 0.15) is 29.2 Å². The number of hydrogen-bond acceptors (Lipinski definition) is 4. The molecule has 1 atom stereocenters. The van der Waals surface area contributed by atoms with Crippen LogP contribution in [0.2, 0.25) is 0 Å². The molecule has 0 spiro atoms. The van der Waals surface area contributed by atoms with Crippen molar-refractivity contribution in [2.24, 2.45) is 5.73 Å². The minimum Gasteiger partial charge on any atom is -0.489 e. The third-order valence-electron chi connectivity index (χ3n) is 3.82. The van der Waals surface area contributed by atoms with Crippen LogP contribution in [0, 0.1) is 10.1 Å². The van der Waals surface area contributed by atoms with Crippen molar-refractivity contribution in [3.8, 4) is 5.75 Å². The average Bonchev–Trinajstić information content (AvgIpc) is 2.86. The number of nitro benzene ring substituents is 1. The van der Waals surface area contributed by atoms with Gasteiger partial charge in [-0.25, -0.2) is 0 Å². The number of nitrogens with two attached hydrogens (primary N) is 1. The molecule has 1 aliphatic carbocycles. The Bertz CT molecular complexity index is 685. The molecular formula is C16H16N2O3. The van der Waals surface area contributed by atoms with E-state index in [1.165, 1.54) is 17.2 Å². The zero-order valence-corrected chi connectivity index (χ0v) is 11.5. The van der Waals surface area contributed by atoms with Crippen LogP contribution in [-0.2, 0) is 13.0 Å². The number of nitrogens with zero attached hydrogens (tertiary/aromatic N) is 1. The van der Waals surface area contributed by atoms with Gasteiger partial charge in [-0.1, -0.05) is 18.2 Å². The van der Waals surface area contributed by atoms with E-state index in [-0.39, 0.29) is 23.3 Å². The Kier molecular flexibility index (Phi) is 3.58. The molecule has 0 saturated carbocycles. The topological polar surface area (TPSA) is 78.4 Å². The highest BCUT2D eigenvalue weighted by molar-refractivity contribution is 5.42. The van der Waals surface area contributed by atoms with E-state index in [4.69, 9.17) is 10.5 Å². The first kappa shape index (κ1) is 13.6. The second-order valence-corrected chi connectivity index (χ2v) is 5.18. The minimum absolute atomic E-state index is 0.0840. The predicted molar refractivity (Wildman–Crippen MR) is 79.1 cm³/mol. The summed E-state index contributed by atoms with van der Waals surface area (Å²) in [4.78, 5) is 10.6. The number of para-hydroxylation sites is 1. The number of rotatable bonds is 4. The van der Waals surface area contributed by atoms with Gasteiger partial charge in [-0.15, -0.1) is 0 Å². The van der Waals surface area contributed by atoms with E-state index in [1.807, 2.05) is 18.2 Å². The molecule has 3 rings (SSSR count). The molecule has 2 aromatic rings. The summed E-state index contributed by atoms with van der Waals surface area (Å²) in [7, 11) is 0. The van der Waals surface area contributed by atoms with E-state index in [1.54, 1.807) is 18.2 Å². The van der Waals surface area contributed by atoms with Gasteiger partial charge in [0.25, 0.3) is 5.69 Å². The molecular weight excluding hydrogens is 268 g/mol. The van der Waals surface area contributed by atoms with Gasteiger partial charge in [0, 0.05) is 12.1 Å². The van der Waals surface area contributed by atoms with E-state index >= 15 is 0 Å². The highest BCUT2D eigenvalue weighted by atomic mass is 16.6. The summed E-state index contributed by atoms with van der Waals surface area (Å²) in [5, 5.41) is 11.0. The molecule has 108 valence electrons. The molecule has 0 amide bonds. The molecule has 5 heteroatoms. The number of benzene rings is 2. The fraction of sp³-hybridized carbons (Fsp3) is 0.250. The Labute approximate surface area is 122 Å². The maximum atomic E-state index is 11.0. The Hall–Kier alpha value is -2.40. The van der Waals surface area contributed by atoms with Crippen LogP contribution in [-0.4, -0.2) is 4.92 Å².